The van der Waals surface area contributed by atoms with E-state index in [0.29, 0.717) is 6.42 Å². The van der Waals surface area contributed by atoms with Crippen LogP contribution in [0.4, 0.5) is 4.79 Å². The van der Waals surface area contributed by atoms with Crippen LogP contribution in [0, 0.1) is 0 Å². The van der Waals surface area contributed by atoms with Gasteiger partial charge in [-0.15, -0.1) is 0 Å². The Kier molecular flexibility index (Phi) is 7.59. The fourth-order valence-electron chi connectivity index (χ4n) is 1.77. The lowest BCUT2D eigenvalue weighted by atomic mass is 10.2. The highest BCUT2D eigenvalue weighted by molar-refractivity contribution is 5.89. The highest BCUT2D eigenvalue weighted by atomic mass is 16.5. The van der Waals surface area contributed by atoms with Crippen LogP contribution in [0.3, 0.4) is 0 Å². The zero-order chi connectivity index (χ0) is 17.2. The predicted molar refractivity (Wildman–Crippen MR) is 83.5 cm³/mol. The molecule has 0 bridgehead atoms. The maximum Gasteiger partial charge on any atom is 0.408 e. The van der Waals surface area contributed by atoms with Gasteiger partial charge in [0.05, 0.1) is 7.11 Å². The average molecular weight is 322 g/mol. The van der Waals surface area contributed by atoms with Crippen LogP contribution in [0.2, 0.25) is 0 Å². The Morgan fingerprint density at radius 1 is 1.13 bits per heavy atom. The van der Waals surface area contributed by atoms with E-state index < -0.39 is 30.1 Å². The molecule has 1 aromatic rings. The van der Waals surface area contributed by atoms with Crippen LogP contribution < -0.4 is 10.6 Å². The van der Waals surface area contributed by atoms with E-state index in [2.05, 4.69) is 15.4 Å². The summed E-state index contributed by atoms with van der Waals surface area (Å²) in [4.78, 5) is 35.1. The Balaban J connectivity index is 2.41. The van der Waals surface area contributed by atoms with E-state index in [1.807, 2.05) is 30.3 Å². The summed E-state index contributed by atoms with van der Waals surface area (Å²) < 4.78 is 9.61. The van der Waals surface area contributed by atoms with Gasteiger partial charge in [0.1, 0.15) is 18.7 Å². The molecule has 7 heteroatoms. The monoisotopic (exact) mass is 322 g/mol. The number of carbonyl (C=O) groups excluding carboxylic acids is 3. The standard InChI is InChI=1S/C16H22N2O5/c1-4-13(15(20)22-3)18-14(19)11(2)17-16(21)23-10-12-8-6-5-7-9-12/h5-9,11,13H,4,10H2,1-3H3,(H,17,21)(H,18,19)/t11-,13-/m1/s1. The van der Waals surface area contributed by atoms with Crippen molar-refractivity contribution in [1.29, 1.82) is 0 Å². The van der Waals surface area contributed by atoms with Crippen LogP contribution >= 0.6 is 0 Å². The third-order valence-electron chi connectivity index (χ3n) is 3.15. The Morgan fingerprint density at radius 2 is 1.78 bits per heavy atom. The molecule has 2 atom stereocenters. The summed E-state index contributed by atoms with van der Waals surface area (Å²) >= 11 is 0. The molecule has 0 aliphatic rings. The molecule has 2 amide bonds. The van der Waals surface area contributed by atoms with Crippen LogP contribution in [0.1, 0.15) is 25.8 Å². The van der Waals surface area contributed by atoms with E-state index >= 15 is 0 Å². The summed E-state index contributed by atoms with van der Waals surface area (Å²) in [5.41, 5.74) is 0.844. The smallest absolute Gasteiger partial charge is 0.408 e. The molecule has 126 valence electrons. The summed E-state index contributed by atoms with van der Waals surface area (Å²) in [6, 6.07) is 7.61. The van der Waals surface area contributed by atoms with Crippen molar-refractivity contribution in [2.24, 2.45) is 0 Å². The Bertz CT molecular complexity index is 533. The van der Waals surface area contributed by atoms with Crippen LogP contribution in [0.15, 0.2) is 30.3 Å². The molecule has 0 heterocycles. The summed E-state index contributed by atoms with van der Waals surface area (Å²) in [6.45, 7) is 3.36. The minimum absolute atomic E-state index is 0.112. The normalized spacial score (nSPS) is 12.7. The number of carbonyl (C=O) groups is 3. The zero-order valence-electron chi connectivity index (χ0n) is 13.5. The minimum atomic E-state index is -0.836. The minimum Gasteiger partial charge on any atom is -0.467 e. The zero-order valence-corrected chi connectivity index (χ0v) is 13.5. The Labute approximate surface area is 135 Å². The molecule has 0 spiro atoms. The van der Waals surface area contributed by atoms with E-state index in [1.165, 1.54) is 14.0 Å². The van der Waals surface area contributed by atoms with Gasteiger partial charge in [0.2, 0.25) is 5.91 Å². The van der Waals surface area contributed by atoms with Crippen molar-refractivity contribution in [3.05, 3.63) is 35.9 Å². The van der Waals surface area contributed by atoms with Crippen molar-refractivity contribution in [2.75, 3.05) is 7.11 Å². The van der Waals surface area contributed by atoms with Crippen LogP contribution in [-0.2, 0) is 25.7 Å². The molecule has 0 saturated heterocycles. The van der Waals surface area contributed by atoms with Gasteiger partial charge in [0.15, 0.2) is 0 Å². The second-order valence-electron chi connectivity index (χ2n) is 4.92. The third-order valence-corrected chi connectivity index (χ3v) is 3.15. The molecule has 0 radical (unpaired) electrons. The number of alkyl carbamates (subject to hydrolysis) is 1. The van der Waals surface area contributed by atoms with Gasteiger partial charge in [0.25, 0.3) is 0 Å². The van der Waals surface area contributed by atoms with Crippen LogP contribution in [0.25, 0.3) is 0 Å². The van der Waals surface area contributed by atoms with E-state index in [1.54, 1.807) is 6.92 Å². The van der Waals surface area contributed by atoms with Gasteiger partial charge < -0.3 is 20.1 Å². The van der Waals surface area contributed by atoms with Crippen molar-refractivity contribution in [2.45, 2.75) is 39.0 Å². The summed E-state index contributed by atoms with van der Waals surface area (Å²) in [5.74, 6) is -1.02. The van der Waals surface area contributed by atoms with Crippen molar-refractivity contribution in [1.82, 2.24) is 10.6 Å². The van der Waals surface area contributed by atoms with E-state index in [0.717, 1.165) is 5.56 Å². The maximum absolute atomic E-state index is 12.0. The van der Waals surface area contributed by atoms with Gasteiger partial charge in [-0.3, -0.25) is 4.79 Å². The van der Waals surface area contributed by atoms with Crippen LogP contribution in [0.5, 0.6) is 0 Å². The van der Waals surface area contributed by atoms with E-state index in [4.69, 9.17) is 4.74 Å². The number of hydrogen-bond acceptors (Lipinski definition) is 5. The molecular weight excluding hydrogens is 300 g/mol. The van der Waals surface area contributed by atoms with Crippen molar-refractivity contribution in [3.8, 4) is 0 Å². The third kappa shape index (κ3) is 6.37. The summed E-state index contributed by atoms with van der Waals surface area (Å²) in [6.07, 6.45) is -0.313. The molecule has 1 aromatic carbocycles. The Hall–Kier alpha value is -2.57. The first kappa shape index (κ1) is 18.5. The Morgan fingerprint density at radius 3 is 2.35 bits per heavy atom. The quantitative estimate of drug-likeness (QED) is 0.740. The van der Waals surface area contributed by atoms with Gasteiger partial charge in [0, 0.05) is 0 Å². The first-order valence-electron chi connectivity index (χ1n) is 7.33. The number of nitrogens with one attached hydrogen (secondary N) is 2. The molecule has 23 heavy (non-hydrogen) atoms. The first-order valence-corrected chi connectivity index (χ1v) is 7.33. The molecule has 0 saturated carbocycles. The predicted octanol–water partition coefficient (Wildman–Crippen LogP) is 1.37. The van der Waals surface area contributed by atoms with Gasteiger partial charge >= 0.3 is 12.1 Å². The molecule has 0 fully saturated rings. The summed E-state index contributed by atoms with van der Waals surface area (Å²) in [7, 11) is 1.25. The van der Waals surface area contributed by atoms with E-state index in [9.17, 15) is 14.4 Å². The van der Waals surface area contributed by atoms with Gasteiger partial charge in [-0.2, -0.15) is 0 Å². The van der Waals surface area contributed by atoms with Gasteiger partial charge in [-0.25, -0.2) is 9.59 Å². The fourth-order valence-corrected chi connectivity index (χ4v) is 1.77. The van der Waals surface area contributed by atoms with Crippen molar-refractivity contribution >= 4 is 18.0 Å². The second kappa shape index (κ2) is 9.45. The van der Waals surface area contributed by atoms with Crippen LogP contribution in [-0.4, -0.2) is 37.2 Å². The lowest BCUT2D eigenvalue weighted by Gasteiger charge is -2.18. The fraction of sp³-hybridized carbons (Fsp3) is 0.438. The first-order chi connectivity index (χ1) is 11.0. The second-order valence-corrected chi connectivity index (χ2v) is 4.92. The number of rotatable bonds is 7. The summed E-state index contributed by atoms with van der Waals surface area (Å²) in [5, 5.41) is 4.92. The number of hydrogen-bond donors (Lipinski definition) is 2. The molecule has 2 N–H and O–H groups in total. The molecular formula is C16H22N2O5. The molecule has 1 rings (SSSR count). The molecule has 0 aromatic heterocycles. The lowest BCUT2D eigenvalue weighted by Crippen LogP contribution is -2.50. The molecule has 0 aliphatic carbocycles. The SMILES string of the molecule is CC[C@@H](NC(=O)[C@@H](C)NC(=O)OCc1ccccc1)C(=O)OC. The average Bonchev–Trinajstić information content (AvgIpc) is 2.57. The van der Waals surface area contributed by atoms with Crippen molar-refractivity contribution < 1.29 is 23.9 Å². The maximum atomic E-state index is 12.0. The topological polar surface area (TPSA) is 93.7 Å². The van der Waals surface area contributed by atoms with Gasteiger partial charge in [-0.05, 0) is 18.9 Å². The highest BCUT2D eigenvalue weighted by Gasteiger charge is 2.23. The van der Waals surface area contributed by atoms with E-state index in [-0.39, 0.29) is 6.61 Å². The van der Waals surface area contributed by atoms with Crippen molar-refractivity contribution in [3.63, 3.8) is 0 Å². The van der Waals surface area contributed by atoms with Gasteiger partial charge in [-0.1, -0.05) is 37.3 Å². The molecule has 7 nitrogen and oxygen atoms in total. The number of benzene rings is 1. The number of methoxy groups -OCH3 is 1. The number of amides is 2. The highest BCUT2D eigenvalue weighted by Crippen LogP contribution is 2.01. The number of esters is 1. The molecule has 0 aliphatic heterocycles. The number of ether oxygens (including phenoxy) is 2. The largest absolute Gasteiger partial charge is 0.467 e. The lowest BCUT2D eigenvalue weighted by molar-refractivity contribution is -0.145. The molecule has 0 unspecified atom stereocenters.